The Morgan fingerprint density at radius 3 is 2.84 bits per heavy atom. The van der Waals surface area contributed by atoms with Gasteiger partial charge >= 0.3 is 0 Å². The summed E-state index contributed by atoms with van der Waals surface area (Å²) in [6.07, 6.45) is 0. The number of amides is 1. The number of nitrogens with one attached hydrogen (secondary N) is 2. The van der Waals surface area contributed by atoms with Crippen molar-refractivity contribution in [1.82, 2.24) is 20.4 Å². The maximum absolute atomic E-state index is 12.6. The number of nitrogens with zero attached hydrogens (tertiary/aromatic N) is 2. The van der Waals surface area contributed by atoms with Gasteiger partial charge in [-0.2, -0.15) is 5.10 Å². The van der Waals surface area contributed by atoms with E-state index in [4.69, 9.17) is 4.74 Å². The second kappa shape index (κ2) is 8.44. The second-order valence-electron chi connectivity index (χ2n) is 6.34. The SMILES string of the molecule is CC(C)c1[nH]nc(C(=O)NCC(c2cccs2)N2CCOCC2)c1Br. The third-order valence-corrected chi connectivity index (χ3v) is 6.12. The molecule has 1 unspecified atom stereocenters. The molecule has 2 N–H and O–H groups in total. The molecule has 0 spiro atoms. The van der Waals surface area contributed by atoms with Crippen LogP contribution >= 0.6 is 27.3 Å². The monoisotopic (exact) mass is 426 g/mol. The third-order valence-electron chi connectivity index (χ3n) is 4.34. The van der Waals surface area contributed by atoms with Crippen molar-refractivity contribution < 1.29 is 9.53 Å². The Morgan fingerprint density at radius 1 is 1.48 bits per heavy atom. The fourth-order valence-electron chi connectivity index (χ4n) is 2.93. The van der Waals surface area contributed by atoms with Gasteiger partial charge in [-0.1, -0.05) is 19.9 Å². The summed E-state index contributed by atoms with van der Waals surface area (Å²) in [6, 6.07) is 4.34. The molecule has 0 aromatic carbocycles. The Kier molecular flexibility index (Phi) is 6.27. The number of hydrogen-bond donors (Lipinski definition) is 2. The van der Waals surface area contributed by atoms with Crippen LogP contribution < -0.4 is 5.32 Å². The molecule has 1 saturated heterocycles. The first-order chi connectivity index (χ1) is 12.1. The smallest absolute Gasteiger partial charge is 0.273 e. The summed E-state index contributed by atoms with van der Waals surface area (Å²) in [6.45, 7) is 7.90. The van der Waals surface area contributed by atoms with Gasteiger partial charge in [-0.15, -0.1) is 11.3 Å². The van der Waals surface area contributed by atoms with E-state index < -0.39 is 0 Å². The molecular formula is C17H23BrN4O2S. The molecule has 1 atom stereocenters. The standard InChI is InChI=1S/C17H23BrN4O2S/c1-11(2)15-14(18)16(21-20-15)17(23)19-10-12(13-4-3-9-25-13)22-5-7-24-8-6-22/h3-4,9,11-12H,5-8,10H2,1-2H3,(H,19,23)(H,20,21). The van der Waals surface area contributed by atoms with Crippen molar-refractivity contribution in [1.29, 1.82) is 0 Å². The van der Waals surface area contributed by atoms with Crippen molar-refractivity contribution in [3.8, 4) is 0 Å². The lowest BCUT2D eigenvalue weighted by Crippen LogP contribution is -2.43. The Labute approximate surface area is 160 Å². The van der Waals surface area contributed by atoms with Crippen molar-refractivity contribution in [3.63, 3.8) is 0 Å². The number of ether oxygens (including phenoxy) is 1. The number of rotatable bonds is 6. The molecule has 0 bridgehead atoms. The molecule has 2 aromatic rings. The highest BCUT2D eigenvalue weighted by atomic mass is 79.9. The quantitative estimate of drug-likeness (QED) is 0.743. The first kappa shape index (κ1) is 18.6. The summed E-state index contributed by atoms with van der Waals surface area (Å²) in [5.74, 6) is 0.112. The third kappa shape index (κ3) is 4.31. The molecule has 0 aliphatic carbocycles. The minimum Gasteiger partial charge on any atom is -0.379 e. The largest absolute Gasteiger partial charge is 0.379 e. The average molecular weight is 427 g/mol. The van der Waals surface area contributed by atoms with E-state index in [1.54, 1.807) is 11.3 Å². The van der Waals surface area contributed by atoms with Gasteiger partial charge in [0, 0.05) is 24.5 Å². The number of carbonyl (C=O) groups excluding carboxylic acids is 1. The number of aromatic amines is 1. The number of halogens is 1. The number of aromatic nitrogens is 2. The molecule has 6 nitrogen and oxygen atoms in total. The van der Waals surface area contributed by atoms with Gasteiger partial charge in [0.15, 0.2) is 5.69 Å². The fraction of sp³-hybridized carbons (Fsp3) is 0.529. The molecule has 25 heavy (non-hydrogen) atoms. The van der Waals surface area contributed by atoms with Gasteiger partial charge in [-0.05, 0) is 33.3 Å². The van der Waals surface area contributed by atoms with Gasteiger partial charge in [0.1, 0.15) is 0 Å². The number of H-pyrrole nitrogens is 1. The summed E-state index contributed by atoms with van der Waals surface area (Å²) in [7, 11) is 0. The number of morpholine rings is 1. The van der Waals surface area contributed by atoms with Gasteiger partial charge in [-0.25, -0.2) is 0 Å². The lowest BCUT2D eigenvalue weighted by molar-refractivity contribution is 0.0169. The summed E-state index contributed by atoms with van der Waals surface area (Å²) >= 11 is 5.21. The number of thiophene rings is 1. The zero-order valence-electron chi connectivity index (χ0n) is 14.4. The molecule has 0 saturated carbocycles. The normalized spacial score (nSPS) is 17.0. The molecule has 1 amide bonds. The van der Waals surface area contributed by atoms with Crippen LogP contribution in [0.1, 0.15) is 46.9 Å². The zero-order valence-corrected chi connectivity index (χ0v) is 16.8. The summed E-state index contributed by atoms with van der Waals surface area (Å²) < 4.78 is 6.21. The van der Waals surface area contributed by atoms with E-state index in [1.165, 1.54) is 4.88 Å². The number of carbonyl (C=O) groups is 1. The summed E-state index contributed by atoms with van der Waals surface area (Å²) in [4.78, 5) is 16.2. The van der Waals surface area contributed by atoms with E-state index in [0.717, 1.165) is 36.5 Å². The predicted octanol–water partition coefficient (Wildman–Crippen LogP) is 3.16. The van der Waals surface area contributed by atoms with Crippen LogP contribution in [0.2, 0.25) is 0 Å². The highest BCUT2D eigenvalue weighted by Gasteiger charge is 2.25. The molecule has 0 radical (unpaired) electrons. The lowest BCUT2D eigenvalue weighted by atomic mass is 10.1. The van der Waals surface area contributed by atoms with Crippen LogP contribution in [-0.2, 0) is 4.74 Å². The van der Waals surface area contributed by atoms with E-state index in [1.807, 2.05) is 0 Å². The Hall–Kier alpha value is -1.22. The molecule has 2 aromatic heterocycles. The van der Waals surface area contributed by atoms with Gasteiger partial charge < -0.3 is 10.1 Å². The van der Waals surface area contributed by atoms with Crippen LogP contribution in [0.25, 0.3) is 0 Å². The molecule has 3 heterocycles. The minimum absolute atomic E-state index is 0.162. The molecule has 136 valence electrons. The summed E-state index contributed by atoms with van der Waals surface area (Å²) in [5.41, 5.74) is 1.35. The molecule has 1 fully saturated rings. The highest BCUT2D eigenvalue weighted by molar-refractivity contribution is 9.10. The van der Waals surface area contributed by atoms with Gasteiger partial charge in [0.25, 0.3) is 5.91 Å². The van der Waals surface area contributed by atoms with Crippen molar-refractivity contribution in [2.75, 3.05) is 32.8 Å². The molecule has 8 heteroatoms. The van der Waals surface area contributed by atoms with Crippen LogP contribution in [0.4, 0.5) is 0 Å². The number of hydrogen-bond acceptors (Lipinski definition) is 5. The van der Waals surface area contributed by atoms with Crippen LogP contribution in [0.15, 0.2) is 22.0 Å². The van der Waals surface area contributed by atoms with Crippen molar-refractivity contribution >= 4 is 33.2 Å². The van der Waals surface area contributed by atoms with Crippen LogP contribution in [0.5, 0.6) is 0 Å². The zero-order chi connectivity index (χ0) is 17.8. The average Bonchev–Trinajstić information content (AvgIpc) is 3.25. The Morgan fingerprint density at radius 2 is 2.24 bits per heavy atom. The molecule has 1 aliphatic rings. The van der Waals surface area contributed by atoms with Crippen molar-refractivity contribution in [3.05, 3.63) is 38.3 Å². The van der Waals surface area contributed by atoms with E-state index in [-0.39, 0.29) is 17.9 Å². The van der Waals surface area contributed by atoms with Crippen LogP contribution in [0, 0.1) is 0 Å². The van der Waals surface area contributed by atoms with Gasteiger partial charge in [-0.3, -0.25) is 14.8 Å². The van der Waals surface area contributed by atoms with E-state index in [0.29, 0.717) is 12.2 Å². The van der Waals surface area contributed by atoms with E-state index in [2.05, 4.69) is 67.7 Å². The minimum atomic E-state index is -0.162. The van der Waals surface area contributed by atoms with Gasteiger partial charge in [0.05, 0.1) is 29.4 Å². The van der Waals surface area contributed by atoms with Gasteiger partial charge in [0.2, 0.25) is 0 Å². The molecule has 3 rings (SSSR count). The maximum Gasteiger partial charge on any atom is 0.273 e. The maximum atomic E-state index is 12.6. The fourth-order valence-corrected chi connectivity index (χ4v) is 4.60. The summed E-state index contributed by atoms with van der Waals surface area (Å²) in [5, 5.41) is 12.2. The van der Waals surface area contributed by atoms with E-state index >= 15 is 0 Å². The lowest BCUT2D eigenvalue weighted by Gasteiger charge is -2.34. The molecular weight excluding hydrogens is 404 g/mol. The highest BCUT2D eigenvalue weighted by Crippen LogP contribution is 2.27. The topological polar surface area (TPSA) is 70.2 Å². The first-order valence-electron chi connectivity index (χ1n) is 8.45. The molecule has 1 aliphatic heterocycles. The van der Waals surface area contributed by atoms with Crippen LogP contribution in [-0.4, -0.2) is 53.9 Å². The second-order valence-corrected chi connectivity index (χ2v) is 8.12. The Balaban J connectivity index is 1.69. The van der Waals surface area contributed by atoms with E-state index in [9.17, 15) is 4.79 Å². The Bertz CT molecular complexity index is 696. The van der Waals surface area contributed by atoms with Crippen molar-refractivity contribution in [2.45, 2.75) is 25.8 Å². The predicted molar refractivity (Wildman–Crippen MR) is 102 cm³/mol. The van der Waals surface area contributed by atoms with Crippen molar-refractivity contribution in [2.24, 2.45) is 0 Å². The van der Waals surface area contributed by atoms with Crippen LogP contribution in [0.3, 0.4) is 0 Å². The first-order valence-corrected chi connectivity index (χ1v) is 10.1.